The number of rotatable bonds is 5. The molecule has 0 aliphatic rings. The van der Waals surface area contributed by atoms with E-state index in [2.05, 4.69) is 5.10 Å². The normalized spacial score (nSPS) is 12.8. The molecule has 5 nitrogen and oxygen atoms in total. The van der Waals surface area contributed by atoms with Gasteiger partial charge >= 0.3 is 15.5 Å². The standard InChI is InChI=1S/C17H18F3N3O2S/c1-12-9-10-16(22-26(24,25)17(18,19)20)15(11-12)13(2)21-23(3)14-7-5-4-6-8-14/h4-11,22H,1-3H3/b21-13+. The number of anilines is 2. The molecule has 0 amide bonds. The van der Waals surface area contributed by atoms with Gasteiger partial charge in [-0.1, -0.05) is 29.8 Å². The Bertz CT molecular complexity index is 911. The fraction of sp³-hybridized carbons (Fsp3) is 0.235. The van der Waals surface area contributed by atoms with Crippen molar-refractivity contribution >= 4 is 27.1 Å². The summed E-state index contributed by atoms with van der Waals surface area (Å²) in [4.78, 5) is 0. The number of alkyl halides is 3. The Labute approximate surface area is 150 Å². The van der Waals surface area contributed by atoms with E-state index < -0.39 is 15.5 Å². The van der Waals surface area contributed by atoms with Crippen LogP contribution in [0, 0.1) is 6.92 Å². The number of sulfonamides is 1. The van der Waals surface area contributed by atoms with E-state index in [1.165, 1.54) is 12.1 Å². The molecule has 26 heavy (non-hydrogen) atoms. The number of halogens is 3. The molecule has 0 unspecified atom stereocenters. The van der Waals surface area contributed by atoms with E-state index in [4.69, 9.17) is 0 Å². The van der Waals surface area contributed by atoms with Crippen molar-refractivity contribution in [3.8, 4) is 0 Å². The average Bonchev–Trinajstić information content (AvgIpc) is 2.56. The molecule has 0 saturated heterocycles. The second kappa shape index (κ2) is 7.36. The average molecular weight is 385 g/mol. The first-order valence-electron chi connectivity index (χ1n) is 7.55. The highest BCUT2D eigenvalue weighted by Crippen LogP contribution is 2.28. The van der Waals surface area contributed by atoms with Crippen LogP contribution >= 0.6 is 0 Å². The third-order valence-corrected chi connectivity index (χ3v) is 4.64. The second-order valence-electron chi connectivity index (χ2n) is 5.64. The van der Waals surface area contributed by atoms with Gasteiger partial charge in [0.15, 0.2) is 0 Å². The number of hydrogen-bond donors (Lipinski definition) is 1. The van der Waals surface area contributed by atoms with E-state index in [1.807, 2.05) is 30.3 Å². The molecular formula is C17H18F3N3O2S. The summed E-state index contributed by atoms with van der Waals surface area (Å²) in [5.74, 6) is 0. The van der Waals surface area contributed by atoms with Crippen molar-refractivity contribution < 1.29 is 21.6 Å². The summed E-state index contributed by atoms with van der Waals surface area (Å²) in [5, 5.41) is 5.90. The first-order chi connectivity index (χ1) is 12.0. The molecular weight excluding hydrogens is 367 g/mol. The summed E-state index contributed by atoms with van der Waals surface area (Å²) in [6, 6.07) is 13.5. The lowest BCUT2D eigenvalue weighted by Crippen LogP contribution is -2.30. The molecule has 2 aromatic carbocycles. The number of aryl methyl sites for hydroxylation is 1. The van der Waals surface area contributed by atoms with Gasteiger partial charge in [-0.15, -0.1) is 0 Å². The molecule has 0 aromatic heterocycles. The maximum absolute atomic E-state index is 12.7. The van der Waals surface area contributed by atoms with E-state index in [0.29, 0.717) is 5.71 Å². The Morgan fingerprint density at radius 2 is 1.73 bits per heavy atom. The molecule has 9 heteroatoms. The Balaban J connectivity index is 2.42. The summed E-state index contributed by atoms with van der Waals surface area (Å²) in [7, 11) is -3.83. The van der Waals surface area contributed by atoms with Crippen LogP contribution in [0.5, 0.6) is 0 Å². The van der Waals surface area contributed by atoms with Crippen molar-refractivity contribution in [2.45, 2.75) is 19.4 Å². The fourth-order valence-electron chi connectivity index (χ4n) is 2.23. The molecule has 0 atom stereocenters. The molecule has 0 aliphatic carbocycles. The zero-order chi connectivity index (χ0) is 19.5. The molecule has 0 saturated carbocycles. The van der Waals surface area contributed by atoms with Gasteiger partial charge in [0, 0.05) is 12.6 Å². The number of para-hydroxylation sites is 1. The van der Waals surface area contributed by atoms with Crippen molar-refractivity contribution in [1.82, 2.24) is 0 Å². The molecule has 140 valence electrons. The summed E-state index contributed by atoms with van der Waals surface area (Å²) >= 11 is 0. The van der Waals surface area contributed by atoms with Crippen molar-refractivity contribution in [3.63, 3.8) is 0 Å². The molecule has 0 bridgehead atoms. The van der Waals surface area contributed by atoms with E-state index in [-0.39, 0.29) is 11.3 Å². The maximum Gasteiger partial charge on any atom is 0.516 e. The minimum atomic E-state index is -5.52. The van der Waals surface area contributed by atoms with E-state index in [9.17, 15) is 21.6 Å². The van der Waals surface area contributed by atoms with Crippen molar-refractivity contribution in [1.29, 1.82) is 0 Å². The van der Waals surface area contributed by atoms with Crippen LogP contribution in [0.25, 0.3) is 0 Å². The van der Waals surface area contributed by atoms with Gasteiger partial charge in [-0.05, 0) is 38.1 Å². The van der Waals surface area contributed by atoms with Crippen LogP contribution in [-0.2, 0) is 10.0 Å². The van der Waals surface area contributed by atoms with Crippen LogP contribution in [0.2, 0.25) is 0 Å². The highest BCUT2D eigenvalue weighted by atomic mass is 32.2. The van der Waals surface area contributed by atoms with E-state index in [1.54, 1.807) is 36.7 Å². The lowest BCUT2D eigenvalue weighted by atomic mass is 10.1. The predicted molar refractivity (Wildman–Crippen MR) is 96.8 cm³/mol. The largest absolute Gasteiger partial charge is 0.516 e. The van der Waals surface area contributed by atoms with Gasteiger partial charge in [-0.3, -0.25) is 9.73 Å². The van der Waals surface area contributed by atoms with Crippen LogP contribution in [-0.4, -0.2) is 26.7 Å². The number of nitrogens with zero attached hydrogens (tertiary/aromatic N) is 2. The molecule has 0 spiro atoms. The first-order valence-corrected chi connectivity index (χ1v) is 9.03. The van der Waals surface area contributed by atoms with Gasteiger partial charge in [0.05, 0.1) is 17.1 Å². The van der Waals surface area contributed by atoms with E-state index in [0.717, 1.165) is 11.3 Å². The molecule has 1 N–H and O–H groups in total. The Hall–Kier alpha value is -2.55. The second-order valence-corrected chi connectivity index (χ2v) is 7.32. The minimum Gasteiger partial charge on any atom is -0.275 e. The number of hydrazone groups is 1. The van der Waals surface area contributed by atoms with Gasteiger partial charge in [0.2, 0.25) is 0 Å². The smallest absolute Gasteiger partial charge is 0.275 e. The van der Waals surface area contributed by atoms with Crippen LogP contribution < -0.4 is 9.73 Å². The van der Waals surface area contributed by atoms with Crippen molar-refractivity contribution in [2.75, 3.05) is 16.8 Å². The lowest BCUT2D eigenvalue weighted by molar-refractivity contribution is -0.0429. The number of benzene rings is 2. The van der Waals surface area contributed by atoms with Crippen LogP contribution in [0.3, 0.4) is 0 Å². The fourth-order valence-corrected chi connectivity index (χ4v) is 2.81. The molecule has 2 aromatic rings. The maximum atomic E-state index is 12.7. The molecule has 0 fully saturated rings. The Morgan fingerprint density at radius 1 is 1.12 bits per heavy atom. The third kappa shape index (κ3) is 4.54. The van der Waals surface area contributed by atoms with Gasteiger partial charge in [0.1, 0.15) is 0 Å². The zero-order valence-electron chi connectivity index (χ0n) is 14.4. The third-order valence-electron chi connectivity index (χ3n) is 3.54. The summed E-state index contributed by atoms with van der Waals surface area (Å²) in [6.45, 7) is 3.35. The highest BCUT2D eigenvalue weighted by molar-refractivity contribution is 7.93. The zero-order valence-corrected chi connectivity index (χ0v) is 15.2. The highest BCUT2D eigenvalue weighted by Gasteiger charge is 2.46. The lowest BCUT2D eigenvalue weighted by Gasteiger charge is -2.17. The molecule has 0 aliphatic heterocycles. The van der Waals surface area contributed by atoms with Gasteiger partial charge in [0.25, 0.3) is 0 Å². The first kappa shape index (κ1) is 19.8. The summed E-state index contributed by atoms with van der Waals surface area (Å²) in [5.41, 5.74) is -3.43. The SMILES string of the molecule is C/C(=N\N(C)c1ccccc1)c1cc(C)ccc1NS(=O)(=O)C(F)(F)F. The number of hydrogen-bond acceptors (Lipinski definition) is 4. The van der Waals surface area contributed by atoms with Crippen molar-refractivity contribution in [2.24, 2.45) is 5.10 Å². The quantitative estimate of drug-likeness (QED) is 0.622. The summed E-state index contributed by atoms with van der Waals surface area (Å²) < 4.78 is 62.5. The number of nitrogens with one attached hydrogen (secondary N) is 1. The monoisotopic (exact) mass is 385 g/mol. The predicted octanol–water partition coefficient (Wildman–Crippen LogP) is 4.12. The Kier molecular flexibility index (Phi) is 5.60. The Morgan fingerprint density at radius 3 is 2.31 bits per heavy atom. The van der Waals surface area contributed by atoms with Crippen LogP contribution in [0.4, 0.5) is 24.5 Å². The van der Waals surface area contributed by atoms with Gasteiger partial charge in [-0.25, -0.2) is 0 Å². The molecule has 0 heterocycles. The van der Waals surface area contributed by atoms with Crippen LogP contribution in [0.15, 0.2) is 53.6 Å². The van der Waals surface area contributed by atoms with E-state index >= 15 is 0 Å². The van der Waals surface area contributed by atoms with Crippen molar-refractivity contribution in [3.05, 3.63) is 59.7 Å². The van der Waals surface area contributed by atoms with Gasteiger partial charge in [-0.2, -0.15) is 26.7 Å². The summed E-state index contributed by atoms with van der Waals surface area (Å²) in [6.07, 6.45) is 0. The molecule has 2 rings (SSSR count). The topological polar surface area (TPSA) is 61.8 Å². The van der Waals surface area contributed by atoms with Gasteiger partial charge < -0.3 is 0 Å². The molecule has 0 radical (unpaired) electrons. The minimum absolute atomic E-state index is 0.185. The van der Waals surface area contributed by atoms with Crippen LogP contribution in [0.1, 0.15) is 18.1 Å².